The molecule has 3 aromatic rings. The Bertz CT molecular complexity index is 798. The van der Waals surface area contributed by atoms with Gasteiger partial charge in [0.2, 0.25) is 4.96 Å². The van der Waals surface area contributed by atoms with Crippen LogP contribution < -0.4 is 4.74 Å². The number of benzene rings is 1. The van der Waals surface area contributed by atoms with Crippen LogP contribution in [0.25, 0.3) is 4.96 Å². The molecule has 0 radical (unpaired) electrons. The van der Waals surface area contributed by atoms with Gasteiger partial charge < -0.3 is 4.74 Å². The monoisotopic (exact) mass is 298 g/mol. The number of fused-ring (bicyclic) bond motifs is 1. The predicted octanol–water partition coefficient (Wildman–Crippen LogP) is 3.36. The minimum Gasteiger partial charge on any atom is -0.486 e. The highest BCUT2D eigenvalue weighted by molar-refractivity contribution is 7.16. The van der Waals surface area contributed by atoms with Gasteiger partial charge in [-0.15, -0.1) is 0 Å². The van der Waals surface area contributed by atoms with Crippen molar-refractivity contribution in [2.24, 2.45) is 0 Å². The molecule has 2 aromatic heterocycles. The number of nitriles is 1. The lowest BCUT2D eigenvalue weighted by molar-refractivity contribution is 0.304. The first kappa shape index (κ1) is 13.6. The first-order valence-electron chi connectivity index (χ1n) is 6.65. The molecule has 3 rings (SSSR count). The van der Waals surface area contributed by atoms with E-state index in [1.807, 2.05) is 44.2 Å². The van der Waals surface area contributed by atoms with E-state index < -0.39 is 0 Å². The Kier molecular flexibility index (Phi) is 3.59. The Morgan fingerprint density at radius 1 is 1.33 bits per heavy atom. The van der Waals surface area contributed by atoms with Crippen LogP contribution >= 0.6 is 11.3 Å². The highest BCUT2D eigenvalue weighted by Gasteiger charge is 2.18. The van der Waals surface area contributed by atoms with Gasteiger partial charge in [0.05, 0.1) is 5.69 Å². The second-order valence-corrected chi connectivity index (χ2v) is 5.94. The van der Waals surface area contributed by atoms with Crippen LogP contribution in [0.2, 0.25) is 0 Å². The zero-order valence-electron chi connectivity index (χ0n) is 11.8. The zero-order valence-corrected chi connectivity index (χ0v) is 12.6. The number of rotatable bonds is 4. The largest absolute Gasteiger partial charge is 0.486 e. The van der Waals surface area contributed by atoms with E-state index >= 15 is 0 Å². The van der Waals surface area contributed by atoms with E-state index in [-0.39, 0.29) is 5.92 Å². The molecule has 0 spiro atoms. The van der Waals surface area contributed by atoms with Crippen molar-refractivity contribution in [2.75, 3.05) is 0 Å². The van der Waals surface area contributed by atoms with Crippen LogP contribution in [0.3, 0.4) is 0 Å². The summed E-state index contributed by atoms with van der Waals surface area (Å²) in [6, 6.07) is 11.8. The molecule has 0 bridgehead atoms. The smallest absolute Gasteiger partial charge is 0.213 e. The fraction of sp³-hybridized carbons (Fsp3) is 0.267. The van der Waals surface area contributed by atoms with E-state index in [1.54, 1.807) is 4.52 Å². The number of ether oxygens (including phenoxy) is 1. The summed E-state index contributed by atoms with van der Waals surface area (Å²) >= 11 is 1.45. The fourth-order valence-corrected chi connectivity index (χ4v) is 2.84. The van der Waals surface area contributed by atoms with Gasteiger partial charge in [0, 0.05) is 0 Å². The fourth-order valence-electron chi connectivity index (χ4n) is 2.03. The van der Waals surface area contributed by atoms with E-state index in [2.05, 4.69) is 16.2 Å². The second-order valence-electron chi connectivity index (χ2n) is 4.90. The first-order valence-corrected chi connectivity index (χ1v) is 7.47. The van der Waals surface area contributed by atoms with E-state index in [0.29, 0.717) is 12.3 Å². The topological polar surface area (TPSA) is 63.2 Å². The van der Waals surface area contributed by atoms with Gasteiger partial charge in [0.25, 0.3) is 0 Å². The van der Waals surface area contributed by atoms with Gasteiger partial charge in [-0.05, 0) is 18.1 Å². The van der Waals surface area contributed by atoms with Gasteiger partial charge in [-0.3, -0.25) is 0 Å². The summed E-state index contributed by atoms with van der Waals surface area (Å²) in [6.07, 6.45) is 0. The highest BCUT2D eigenvalue weighted by Crippen LogP contribution is 2.24. The number of aromatic nitrogens is 3. The van der Waals surface area contributed by atoms with E-state index in [0.717, 1.165) is 21.4 Å². The van der Waals surface area contributed by atoms with Crippen LogP contribution in [0.1, 0.15) is 36.2 Å². The Balaban J connectivity index is 1.85. The Morgan fingerprint density at radius 3 is 2.76 bits per heavy atom. The highest BCUT2D eigenvalue weighted by atomic mass is 32.1. The van der Waals surface area contributed by atoms with Crippen LogP contribution in [0, 0.1) is 11.3 Å². The molecule has 106 valence electrons. The molecule has 0 saturated carbocycles. The van der Waals surface area contributed by atoms with Crippen LogP contribution in [-0.2, 0) is 6.61 Å². The maximum atomic E-state index is 9.29. The van der Waals surface area contributed by atoms with Crippen molar-refractivity contribution in [3.63, 3.8) is 0 Å². The summed E-state index contributed by atoms with van der Waals surface area (Å²) in [5.41, 5.74) is 1.31. The van der Waals surface area contributed by atoms with Gasteiger partial charge in [-0.25, -0.2) is 4.98 Å². The van der Waals surface area contributed by atoms with Crippen LogP contribution in [0.15, 0.2) is 30.3 Å². The third-order valence-electron chi connectivity index (χ3n) is 3.03. The van der Waals surface area contributed by atoms with Gasteiger partial charge in [-0.1, -0.05) is 43.4 Å². The molecular formula is C15H14N4OS. The standard InChI is InChI=1S/C15H14N4OS/c1-10(2)14-12(8-16)19-15(17-14)21-13(18-19)9-20-11-6-4-3-5-7-11/h3-7,10H,9H2,1-2H3. The normalized spacial score (nSPS) is 11.0. The van der Waals surface area contributed by atoms with Crippen molar-refractivity contribution in [1.82, 2.24) is 14.6 Å². The van der Waals surface area contributed by atoms with Crippen molar-refractivity contribution in [3.05, 3.63) is 46.7 Å². The number of hydrogen-bond acceptors (Lipinski definition) is 5. The molecule has 6 heteroatoms. The van der Waals surface area contributed by atoms with Gasteiger partial charge in [-0.2, -0.15) is 14.9 Å². The molecule has 0 fully saturated rings. The maximum absolute atomic E-state index is 9.29. The number of para-hydroxylation sites is 1. The van der Waals surface area contributed by atoms with Crippen molar-refractivity contribution >= 4 is 16.3 Å². The molecule has 5 nitrogen and oxygen atoms in total. The summed E-state index contributed by atoms with van der Waals surface area (Å²) < 4.78 is 7.28. The molecule has 0 aliphatic heterocycles. The SMILES string of the molecule is CC(C)c1nc2sc(COc3ccccc3)nn2c1C#N. The number of imidazole rings is 1. The van der Waals surface area contributed by atoms with E-state index in [9.17, 15) is 5.26 Å². The van der Waals surface area contributed by atoms with Crippen LogP contribution in [0.4, 0.5) is 0 Å². The average Bonchev–Trinajstić information content (AvgIpc) is 3.03. The van der Waals surface area contributed by atoms with Crippen molar-refractivity contribution in [1.29, 1.82) is 5.26 Å². The summed E-state index contributed by atoms with van der Waals surface area (Å²) in [7, 11) is 0. The molecule has 0 atom stereocenters. The Morgan fingerprint density at radius 2 is 2.10 bits per heavy atom. The third kappa shape index (κ3) is 2.60. The quantitative estimate of drug-likeness (QED) is 0.741. The van der Waals surface area contributed by atoms with Crippen LogP contribution in [-0.4, -0.2) is 14.6 Å². The summed E-state index contributed by atoms with van der Waals surface area (Å²) in [4.78, 5) is 5.24. The molecule has 2 heterocycles. The molecular weight excluding hydrogens is 284 g/mol. The minimum atomic E-state index is 0.206. The molecule has 0 saturated heterocycles. The van der Waals surface area contributed by atoms with Crippen molar-refractivity contribution < 1.29 is 4.74 Å². The predicted molar refractivity (Wildman–Crippen MR) is 80.4 cm³/mol. The Labute approximate surface area is 126 Å². The average molecular weight is 298 g/mol. The molecule has 1 aromatic carbocycles. The van der Waals surface area contributed by atoms with Crippen molar-refractivity contribution in [3.8, 4) is 11.8 Å². The van der Waals surface area contributed by atoms with Gasteiger partial charge in [0.15, 0.2) is 10.7 Å². The number of nitrogens with zero attached hydrogens (tertiary/aromatic N) is 4. The molecule has 0 N–H and O–H groups in total. The minimum absolute atomic E-state index is 0.206. The third-order valence-corrected chi connectivity index (χ3v) is 3.91. The molecule has 0 unspecified atom stereocenters. The summed E-state index contributed by atoms with van der Waals surface area (Å²) in [5, 5.41) is 14.5. The van der Waals surface area contributed by atoms with Crippen molar-refractivity contribution in [2.45, 2.75) is 26.4 Å². The summed E-state index contributed by atoms with van der Waals surface area (Å²) in [5.74, 6) is 1.01. The van der Waals surface area contributed by atoms with Crippen LogP contribution in [0.5, 0.6) is 5.75 Å². The van der Waals surface area contributed by atoms with E-state index in [1.165, 1.54) is 11.3 Å². The second kappa shape index (κ2) is 5.54. The zero-order chi connectivity index (χ0) is 14.8. The van der Waals surface area contributed by atoms with Gasteiger partial charge >= 0.3 is 0 Å². The van der Waals surface area contributed by atoms with Gasteiger partial charge in [0.1, 0.15) is 18.4 Å². The Hall–Kier alpha value is -2.39. The molecule has 0 aliphatic carbocycles. The molecule has 0 aliphatic rings. The van der Waals surface area contributed by atoms with E-state index in [4.69, 9.17) is 4.74 Å². The summed E-state index contributed by atoms with van der Waals surface area (Å²) in [6.45, 7) is 4.42. The first-order chi connectivity index (χ1) is 10.2. The number of hydrogen-bond donors (Lipinski definition) is 0. The molecule has 21 heavy (non-hydrogen) atoms. The molecule has 0 amide bonds. The maximum Gasteiger partial charge on any atom is 0.213 e. The lowest BCUT2D eigenvalue weighted by Gasteiger charge is -2.02. The lowest BCUT2D eigenvalue weighted by atomic mass is 10.1. The lowest BCUT2D eigenvalue weighted by Crippen LogP contribution is -1.99.